The number of carbonyl (C=O) groups excluding carboxylic acids is 1. The number of methoxy groups -OCH3 is 1. The summed E-state index contributed by atoms with van der Waals surface area (Å²) >= 11 is 0. The Kier molecular flexibility index (Phi) is 6.22. The quantitative estimate of drug-likeness (QED) is 0.637. The van der Waals surface area contributed by atoms with E-state index in [4.69, 9.17) is 9.47 Å². The number of fused-ring (bicyclic) bond motifs is 1. The van der Waals surface area contributed by atoms with Crippen molar-refractivity contribution < 1.29 is 22.7 Å². The molecule has 4 rings (SSSR count). The normalized spacial score (nSPS) is 15.0. The highest BCUT2D eigenvalue weighted by Crippen LogP contribution is 2.29. The number of ether oxygens (including phenoxy) is 2. The van der Waals surface area contributed by atoms with E-state index >= 15 is 0 Å². The first-order chi connectivity index (χ1) is 15.0. The summed E-state index contributed by atoms with van der Waals surface area (Å²) in [5.74, 6) is 0.141. The monoisotopic (exact) mass is 440 g/mol. The second kappa shape index (κ2) is 9.05. The molecule has 162 valence electrons. The molecule has 0 bridgehead atoms. The number of sulfonamides is 1. The standard InChI is InChI=1S/C23H24N2O5S/c1-29-22-10-9-19(31(27,28)25-11-13-30-14-12-25)16-21(22)24-23(26)15-18-7-4-6-17-5-2-3-8-20(17)18/h2-10,16H,11-15H2,1H3,(H,24,26). The summed E-state index contributed by atoms with van der Waals surface area (Å²) in [4.78, 5) is 12.9. The average molecular weight is 441 g/mol. The Morgan fingerprint density at radius 1 is 1.06 bits per heavy atom. The molecule has 1 saturated heterocycles. The Morgan fingerprint density at radius 2 is 1.81 bits per heavy atom. The first-order valence-electron chi connectivity index (χ1n) is 10.0. The largest absolute Gasteiger partial charge is 0.495 e. The lowest BCUT2D eigenvalue weighted by Crippen LogP contribution is -2.40. The van der Waals surface area contributed by atoms with Gasteiger partial charge in [-0.15, -0.1) is 0 Å². The molecule has 0 atom stereocenters. The molecule has 3 aromatic rings. The number of benzene rings is 3. The van der Waals surface area contributed by atoms with Crippen LogP contribution in [0.3, 0.4) is 0 Å². The number of anilines is 1. The molecule has 7 nitrogen and oxygen atoms in total. The Labute approximate surface area is 181 Å². The summed E-state index contributed by atoms with van der Waals surface area (Å²) in [5.41, 5.74) is 1.22. The number of carbonyl (C=O) groups is 1. The van der Waals surface area contributed by atoms with E-state index in [2.05, 4.69) is 5.32 Å². The first-order valence-corrected chi connectivity index (χ1v) is 11.5. The molecule has 1 aliphatic heterocycles. The predicted octanol–water partition coefficient (Wildman–Crippen LogP) is 3.05. The van der Waals surface area contributed by atoms with Crippen molar-refractivity contribution in [2.24, 2.45) is 0 Å². The minimum absolute atomic E-state index is 0.107. The highest BCUT2D eigenvalue weighted by Gasteiger charge is 2.27. The number of hydrogen-bond donors (Lipinski definition) is 1. The van der Waals surface area contributed by atoms with E-state index in [1.165, 1.54) is 23.5 Å². The lowest BCUT2D eigenvalue weighted by Gasteiger charge is -2.26. The van der Waals surface area contributed by atoms with Gasteiger partial charge in [0.1, 0.15) is 5.75 Å². The van der Waals surface area contributed by atoms with E-state index < -0.39 is 10.0 Å². The molecule has 0 radical (unpaired) electrons. The van der Waals surface area contributed by atoms with Gasteiger partial charge in [0.05, 0.1) is 37.3 Å². The van der Waals surface area contributed by atoms with Crippen LogP contribution in [0.4, 0.5) is 5.69 Å². The van der Waals surface area contributed by atoms with Gasteiger partial charge in [-0.1, -0.05) is 42.5 Å². The van der Waals surface area contributed by atoms with Crippen LogP contribution in [0.2, 0.25) is 0 Å². The summed E-state index contributed by atoms with van der Waals surface area (Å²) in [6.45, 7) is 1.34. The summed E-state index contributed by atoms with van der Waals surface area (Å²) in [6, 6.07) is 18.2. The fourth-order valence-electron chi connectivity index (χ4n) is 3.70. The molecule has 1 aliphatic rings. The lowest BCUT2D eigenvalue weighted by atomic mass is 10.0. The smallest absolute Gasteiger partial charge is 0.243 e. The van der Waals surface area contributed by atoms with E-state index in [1.807, 2.05) is 42.5 Å². The zero-order valence-corrected chi connectivity index (χ0v) is 18.0. The van der Waals surface area contributed by atoms with Crippen molar-refractivity contribution in [2.45, 2.75) is 11.3 Å². The Hall–Kier alpha value is -2.94. The number of nitrogens with one attached hydrogen (secondary N) is 1. The van der Waals surface area contributed by atoms with Crippen molar-refractivity contribution in [3.63, 3.8) is 0 Å². The van der Waals surface area contributed by atoms with Crippen LogP contribution >= 0.6 is 0 Å². The van der Waals surface area contributed by atoms with Gasteiger partial charge in [-0.25, -0.2) is 8.42 Å². The molecular formula is C23H24N2O5S. The topological polar surface area (TPSA) is 84.9 Å². The maximum absolute atomic E-state index is 13.0. The van der Waals surface area contributed by atoms with Crippen molar-refractivity contribution in [1.29, 1.82) is 0 Å². The Balaban J connectivity index is 1.58. The Morgan fingerprint density at radius 3 is 2.58 bits per heavy atom. The number of hydrogen-bond acceptors (Lipinski definition) is 5. The van der Waals surface area contributed by atoms with Crippen LogP contribution in [-0.4, -0.2) is 52.0 Å². The molecule has 0 aromatic heterocycles. The first kappa shape index (κ1) is 21.3. The third-order valence-corrected chi connectivity index (χ3v) is 7.18. The molecule has 31 heavy (non-hydrogen) atoms. The molecular weight excluding hydrogens is 416 g/mol. The van der Waals surface area contributed by atoms with Gasteiger partial charge >= 0.3 is 0 Å². The van der Waals surface area contributed by atoms with Crippen LogP contribution in [-0.2, 0) is 26.0 Å². The van der Waals surface area contributed by atoms with Gasteiger partial charge in [0.2, 0.25) is 15.9 Å². The fourth-order valence-corrected chi connectivity index (χ4v) is 5.13. The maximum atomic E-state index is 13.0. The van der Waals surface area contributed by atoms with Crippen LogP contribution < -0.4 is 10.1 Å². The third kappa shape index (κ3) is 4.56. The second-order valence-corrected chi connectivity index (χ2v) is 9.18. The second-order valence-electron chi connectivity index (χ2n) is 7.24. The highest BCUT2D eigenvalue weighted by molar-refractivity contribution is 7.89. The van der Waals surface area contributed by atoms with Crippen LogP contribution in [0.1, 0.15) is 5.56 Å². The van der Waals surface area contributed by atoms with Crippen LogP contribution in [0.15, 0.2) is 65.6 Å². The molecule has 1 fully saturated rings. The molecule has 1 amide bonds. The van der Waals surface area contributed by atoms with Crippen LogP contribution in [0, 0.1) is 0 Å². The zero-order chi connectivity index (χ0) is 21.8. The Bertz CT molecular complexity index is 1200. The summed E-state index contributed by atoms with van der Waals surface area (Å²) in [7, 11) is -2.21. The molecule has 0 spiro atoms. The van der Waals surface area contributed by atoms with Crippen LogP contribution in [0.25, 0.3) is 10.8 Å². The van der Waals surface area contributed by atoms with Gasteiger partial charge in [-0.2, -0.15) is 4.31 Å². The highest BCUT2D eigenvalue weighted by atomic mass is 32.2. The summed E-state index contributed by atoms with van der Waals surface area (Å²) in [5, 5.41) is 4.89. The lowest BCUT2D eigenvalue weighted by molar-refractivity contribution is -0.115. The number of nitrogens with zero attached hydrogens (tertiary/aromatic N) is 1. The number of rotatable bonds is 6. The van der Waals surface area contributed by atoms with Crippen molar-refractivity contribution >= 4 is 32.4 Å². The predicted molar refractivity (Wildman–Crippen MR) is 119 cm³/mol. The molecule has 1 heterocycles. The average Bonchev–Trinajstić information content (AvgIpc) is 2.80. The fraction of sp³-hybridized carbons (Fsp3) is 0.261. The number of morpholine rings is 1. The van der Waals surface area contributed by atoms with E-state index in [0.29, 0.717) is 37.7 Å². The maximum Gasteiger partial charge on any atom is 0.243 e. The van der Waals surface area contributed by atoms with Gasteiger partial charge in [0, 0.05) is 13.1 Å². The SMILES string of the molecule is COc1ccc(S(=O)(=O)N2CCOCC2)cc1NC(=O)Cc1cccc2ccccc12. The molecule has 3 aromatic carbocycles. The summed E-state index contributed by atoms with van der Waals surface area (Å²) < 4.78 is 37.9. The van der Waals surface area contributed by atoms with Crippen molar-refractivity contribution in [3.8, 4) is 5.75 Å². The van der Waals surface area contributed by atoms with E-state index in [-0.39, 0.29) is 17.2 Å². The van der Waals surface area contributed by atoms with Gasteiger partial charge < -0.3 is 14.8 Å². The van der Waals surface area contributed by atoms with E-state index in [0.717, 1.165) is 16.3 Å². The molecule has 0 unspecified atom stereocenters. The molecule has 1 N–H and O–H groups in total. The van der Waals surface area contributed by atoms with Gasteiger partial charge in [0.15, 0.2) is 0 Å². The van der Waals surface area contributed by atoms with Gasteiger partial charge in [0.25, 0.3) is 0 Å². The zero-order valence-electron chi connectivity index (χ0n) is 17.2. The molecule has 0 saturated carbocycles. The van der Waals surface area contributed by atoms with Gasteiger partial charge in [-0.3, -0.25) is 4.79 Å². The van der Waals surface area contributed by atoms with Gasteiger partial charge in [-0.05, 0) is 34.5 Å². The minimum atomic E-state index is -3.69. The third-order valence-electron chi connectivity index (χ3n) is 5.28. The minimum Gasteiger partial charge on any atom is -0.495 e. The molecule has 0 aliphatic carbocycles. The van der Waals surface area contributed by atoms with E-state index in [1.54, 1.807) is 6.07 Å². The summed E-state index contributed by atoms with van der Waals surface area (Å²) in [6.07, 6.45) is 0.158. The van der Waals surface area contributed by atoms with Crippen molar-refractivity contribution in [2.75, 3.05) is 38.7 Å². The van der Waals surface area contributed by atoms with Crippen molar-refractivity contribution in [3.05, 3.63) is 66.2 Å². The van der Waals surface area contributed by atoms with Crippen LogP contribution in [0.5, 0.6) is 5.75 Å². The molecule has 8 heteroatoms. The van der Waals surface area contributed by atoms with E-state index in [9.17, 15) is 13.2 Å². The number of amides is 1. The van der Waals surface area contributed by atoms with Crippen molar-refractivity contribution in [1.82, 2.24) is 4.31 Å².